The number of phenolic OH excluding ortho intramolecular Hbond substituents is 6. The van der Waals surface area contributed by atoms with Crippen LogP contribution in [0.5, 0.6) is 69.0 Å². The summed E-state index contributed by atoms with van der Waals surface area (Å²) in [6.07, 6.45) is -12.9. The molecule has 8 aromatic rings. The summed E-state index contributed by atoms with van der Waals surface area (Å²) < 4.78 is 62.0. The van der Waals surface area contributed by atoms with Crippen LogP contribution in [0.4, 0.5) is 0 Å². The molecule has 1 saturated heterocycles. The SMILES string of the molecule is CC(=O)N[C@H]1[C@H](O[C@@H]2c3ccc(c(Cl)c3)Oc3cc4cc(c3O)Oc3ccc(cc3Cl)C[C@H]3NC(=O)[C@H](NS(=O)(=O)c5ccccc5)c5ccc(O)c(c5)Oc5cc(O)cc(c5)[C@H](NC3=O)C(=O)N[C@H]4C(O)N[C@H]3C(=O)N[C@H]2C(=O)N[C@@H](C(=O)O)c2cc(O)cc(O)c2-c2cc3ccc2O)O[C@H](CO)[C@@H](O)[C@@H]1O. The maximum Gasteiger partial charge on any atom is 0.330 e. The lowest BCUT2D eigenvalue weighted by Gasteiger charge is -2.44. The van der Waals surface area contributed by atoms with Crippen molar-refractivity contribution in [1.82, 2.24) is 41.9 Å². The molecule has 0 saturated carbocycles. The predicted octanol–water partition coefficient (Wildman–Crippen LogP) is 3.76. The van der Waals surface area contributed by atoms with Gasteiger partial charge in [0.15, 0.2) is 35.3 Å². The van der Waals surface area contributed by atoms with E-state index in [0.717, 1.165) is 91.9 Å². The van der Waals surface area contributed by atoms with Gasteiger partial charge in [0.05, 0.1) is 27.6 Å². The topological polar surface area (TPSA) is 519 Å². The van der Waals surface area contributed by atoms with Gasteiger partial charge in [0.1, 0.15) is 107 Å². The van der Waals surface area contributed by atoms with Crippen molar-refractivity contribution in [2.45, 2.75) is 104 Å². The fourth-order valence-corrected chi connectivity index (χ4v) is 14.8. The van der Waals surface area contributed by atoms with E-state index in [1.54, 1.807) is 6.07 Å². The van der Waals surface area contributed by atoms with E-state index in [1.165, 1.54) is 54.6 Å². The number of rotatable bonds is 8. The number of halogens is 2. The van der Waals surface area contributed by atoms with Gasteiger partial charge in [-0.1, -0.05) is 65.7 Å². The van der Waals surface area contributed by atoms with Crippen LogP contribution in [0.1, 0.15) is 82.2 Å². The molecule has 33 nitrogen and oxygen atoms in total. The molecule has 1 unspecified atom stereocenters. The minimum Gasteiger partial charge on any atom is -0.508 e. The molecule has 17 bridgehead atoms. The third kappa shape index (κ3) is 15.1. The molecule has 7 aliphatic rings. The number of carboxylic acids is 1. The highest BCUT2D eigenvalue weighted by molar-refractivity contribution is 7.89. The smallest absolute Gasteiger partial charge is 0.330 e. The molecule has 19 N–H and O–H groups in total. The fourth-order valence-electron chi connectivity index (χ4n) is 13.2. The highest BCUT2D eigenvalue weighted by Gasteiger charge is 2.49. The molecule has 0 aliphatic carbocycles. The van der Waals surface area contributed by atoms with Crippen LogP contribution in [-0.4, -0.2) is 162 Å². The predicted molar refractivity (Wildman–Crippen MR) is 373 cm³/mol. The van der Waals surface area contributed by atoms with Crippen molar-refractivity contribution in [3.8, 4) is 80.1 Å². The van der Waals surface area contributed by atoms with Gasteiger partial charge in [0.25, 0.3) is 0 Å². The summed E-state index contributed by atoms with van der Waals surface area (Å²) in [7, 11) is -4.63. The second-order valence-corrected chi connectivity index (χ2v) is 28.2. The molecule has 15 rings (SSSR count). The Hall–Kier alpha value is -11.5. The number of carbonyl (C=O) groups excluding carboxylic acids is 6. The van der Waals surface area contributed by atoms with Gasteiger partial charge in [-0.15, -0.1) is 0 Å². The molecule has 7 heterocycles. The van der Waals surface area contributed by atoms with Crippen molar-refractivity contribution in [2.75, 3.05) is 6.61 Å². The number of aliphatic carboxylic acids is 1. The first-order chi connectivity index (χ1) is 51.4. The average Bonchev–Trinajstić information content (AvgIpc) is 0.768. The van der Waals surface area contributed by atoms with E-state index in [9.17, 15) is 74.2 Å². The van der Waals surface area contributed by atoms with E-state index >= 15 is 24.0 Å². The van der Waals surface area contributed by atoms with E-state index in [2.05, 4.69) is 41.9 Å². The quantitative estimate of drug-likeness (QED) is 0.103. The molecule has 6 amide bonds. The van der Waals surface area contributed by atoms with Gasteiger partial charge in [0, 0.05) is 42.2 Å². The molecule has 108 heavy (non-hydrogen) atoms. The molecule has 36 heteroatoms. The number of hydrogen-bond acceptors (Lipinski definition) is 25. The normalized spacial score (nSPS) is 25.0. The van der Waals surface area contributed by atoms with Gasteiger partial charge >= 0.3 is 5.97 Å². The van der Waals surface area contributed by atoms with Crippen molar-refractivity contribution < 1.29 is 122 Å². The lowest BCUT2D eigenvalue weighted by Crippen LogP contribution is -2.65. The van der Waals surface area contributed by atoms with Crippen molar-refractivity contribution in [1.29, 1.82) is 0 Å². The summed E-state index contributed by atoms with van der Waals surface area (Å²) >= 11 is 14.1. The van der Waals surface area contributed by atoms with Crippen molar-refractivity contribution in [3.63, 3.8) is 0 Å². The fraction of sp³-hybridized carbons (Fsp3) is 0.236. The molecule has 7 aliphatic heterocycles. The number of fused-ring (bicyclic) bond motifs is 14. The largest absolute Gasteiger partial charge is 0.508 e. The number of nitrogens with one attached hydrogen (secondary N) is 8. The van der Waals surface area contributed by atoms with Gasteiger partial charge < -0.3 is 112 Å². The number of aliphatic hydroxyl groups excluding tert-OH is 4. The second-order valence-electron chi connectivity index (χ2n) is 25.7. The molecular weight excluding hydrogens is 1480 g/mol. The number of phenols is 6. The number of aromatic hydroxyl groups is 6. The van der Waals surface area contributed by atoms with E-state index in [1.807, 2.05) is 0 Å². The number of sulfonamides is 1. The molecule has 1 fully saturated rings. The Morgan fingerprint density at radius 1 is 0.583 bits per heavy atom. The van der Waals surface area contributed by atoms with Crippen LogP contribution in [0.25, 0.3) is 11.1 Å². The Kier molecular flexibility index (Phi) is 20.8. The van der Waals surface area contributed by atoms with E-state index in [0.29, 0.717) is 0 Å². The standard InChI is InChI=1S/C72H64Cl2N8O25S/c1-28(84)75-59-63(92)62(91)52(27-83)106-72(59)107-64-32-10-14-48(42(74)20-32)105-51-23-34-22-50(61(51)90)104-47-13-7-29(15-41(47)73)16-43-65(93)77-55(33-17-35(85)24-37(18-33)103-49-21-31(9-12-45(49)88)57(69(97)76-43)82-108(101,102)38-5-3-2-4-6-38)67(95)79-56(34)68(96)78-54-30-8-11-44(87)39(19-30)53-40(25-36(86)26-46(53)89)58(71(99)100)80-70(98)60(64)81-66(54)94/h2-15,17-26,43,52,54-60,62-64,68,72,78,82-83,85-92,96H,16,27H2,1H3,(H,75,84)(H,76,97)(H,77,93)(H,79,95)(H,80,98)(H,81,94)(H,99,100)/t43-,52-,54-,55+,56-,57-,58-,59-,60-,62-,63-,64-,68?,72+/m1/s1. The molecule has 0 spiro atoms. The minimum atomic E-state index is -4.63. The van der Waals surface area contributed by atoms with Gasteiger partial charge in [-0.3, -0.25) is 34.1 Å². The Bertz CT molecular complexity index is 5100. The van der Waals surface area contributed by atoms with Crippen LogP contribution in [0, 0.1) is 0 Å². The Morgan fingerprint density at radius 2 is 1.23 bits per heavy atom. The van der Waals surface area contributed by atoms with E-state index in [4.69, 9.17) is 46.9 Å². The number of amides is 6. The third-order valence-electron chi connectivity index (χ3n) is 18.4. The Labute approximate surface area is 620 Å². The molecule has 14 atom stereocenters. The number of hydrogen-bond donors (Lipinski definition) is 19. The summed E-state index contributed by atoms with van der Waals surface area (Å²) in [6.45, 7) is 0.0106. The monoisotopic (exact) mass is 1540 g/mol. The first-order valence-corrected chi connectivity index (χ1v) is 35.0. The molecule has 0 aromatic heterocycles. The molecule has 0 radical (unpaired) electrons. The first kappa shape index (κ1) is 74.7. The second kappa shape index (κ2) is 30.0. The van der Waals surface area contributed by atoms with Gasteiger partial charge in [-0.2, -0.15) is 4.72 Å². The van der Waals surface area contributed by atoms with E-state index in [-0.39, 0.29) is 60.5 Å². The summed E-state index contributed by atoms with van der Waals surface area (Å²) in [6, 6.07) is 10.9. The van der Waals surface area contributed by atoms with Gasteiger partial charge in [-0.25, -0.2) is 13.2 Å². The summed E-state index contributed by atoms with van der Waals surface area (Å²) in [5, 5.41) is 144. The van der Waals surface area contributed by atoms with Crippen LogP contribution in [0.2, 0.25) is 10.0 Å². The maximum absolute atomic E-state index is 16.1. The molecule has 562 valence electrons. The van der Waals surface area contributed by atoms with Crippen LogP contribution in [0.15, 0.2) is 150 Å². The minimum absolute atomic E-state index is 0.151. The third-order valence-corrected chi connectivity index (χ3v) is 20.4. The number of carboxylic acid groups (broad SMARTS) is 1. The highest BCUT2D eigenvalue weighted by Crippen LogP contribution is 2.49. The number of benzene rings is 8. The van der Waals surface area contributed by atoms with Crippen LogP contribution in [-0.2, 0) is 59.5 Å². The zero-order chi connectivity index (χ0) is 77.1. The summed E-state index contributed by atoms with van der Waals surface area (Å²) in [5.41, 5.74) is -2.92. The zero-order valence-corrected chi connectivity index (χ0v) is 58.0. The number of carbonyl (C=O) groups is 7. The van der Waals surface area contributed by atoms with Gasteiger partial charge in [0.2, 0.25) is 51.2 Å². The van der Waals surface area contributed by atoms with Crippen molar-refractivity contribution >= 4 is 74.6 Å². The van der Waals surface area contributed by atoms with E-state index < -0.39 is 223 Å². The highest BCUT2D eigenvalue weighted by atomic mass is 35.5. The molecule has 8 aromatic carbocycles. The van der Waals surface area contributed by atoms with Crippen molar-refractivity contribution in [3.05, 3.63) is 195 Å². The summed E-state index contributed by atoms with van der Waals surface area (Å²) in [4.78, 5) is 104. The van der Waals surface area contributed by atoms with Crippen molar-refractivity contribution in [2.24, 2.45) is 0 Å². The van der Waals surface area contributed by atoms with Gasteiger partial charge in [-0.05, 0) is 124 Å². The Balaban J connectivity index is 1.02. The zero-order valence-electron chi connectivity index (χ0n) is 55.7. The summed E-state index contributed by atoms with van der Waals surface area (Å²) in [5.74, 6) is -16.4. The van der Waals surface area contributed by atoms with Crippen LogP contribution >= 0.6 is 23.2 Å². The Morgan fingerprint density at radius 3 is 1.92 bits per heavy atom. The number of aliphatic hydroxyl groups is 4. The lowest BCUT2D eigenvalue weighted by molar-refractivity contribution is -0.284. The molecular formula is C72H64Cl2N8O25S. The maximum atomic E-state index is 16.1. The number of ether oxygens (including phenoxy) is 5. The van der Waals surface area contributed by atoms with Crippen LogP contribution in [0.3, 0.4) is 0 Å². The van der Waals surface area contributed by atoms with Crippen LogP contribution < -0.4 is 56.2 Å². The lowest BCUT2D eigenvalue weighted by atomic mass is 9.89. The first-order valence-electron chi connectivity index (χ1n) is 32.8. The average molecular weight is 1540 g/mol.